The molecular weight excluding hydrogens is 268 g/mol. The summed E-state index contributed by atoms with van der Waals surface area (Å²) in [7, 11) is 1.80. The van der Waals surface area contributed by atoms with Gasteiger partial charge in [-0.25, -0.2) is 0 Å². The summed E-state index contributed by atoms with van der Waals surface area (Å²) in [5, 5.41) is 0. The molecule has 21 heavy (non-hydrogen) atoms. The zero-order valence-corrected chi connectivity index (χ0v) is 13.3. The Hall–Kier alpha value is -1.10. The Morgan fingerprint density at radius 2 is 1.86 bits per heavy atom. The number of nitrogens with zero attached hydrogens (tertiary/aromatic N) is 2. The van der Waals surface area contributed by atoms with Gasteiger partial charge in [-0.05, 0) is 45.6 Å². The van der Waals surface area contributed by atoms with Crippen LogP contribution in [0.1, 0.15) is 45.4 Å². The second-order valence-corrected chi connectivity index (χ2v) is 6.32. The van der Waals surface area contributed by atoms with Gasteiger partial charge in [0.25, 0.3) is 0 Å². The van der Waals surface area contributed by atoms with E-state index in [9.17, 15) is 9.59 Å². The fraction of sp³-hybridized carbons (Fsp3) is 0.875. The van der Waals surface area contributed by atoms with Crippen molar-refractivity contribution in [3.8, 4) is 0 Å². The monoisotopic (exact) mass is 296 g/mol. The maximum atomic E-state index is 12.5. The summed E-state index contributed by atoms with van der Waals surface area (Å²) in [6, 6.07) is 0.441. The molecule has 0 aromatic carbocycles. The van der Waals surface area contributed by atoms with Gasteiger partial charge >= 0.3 is 5.97 Å². The highest BCUT2D eigenvalue weighted by atomic mass is 16.5. The third-order valence-corrected chi connectivity index (χ3v) is 4.67. The molecule has 2 atom stereocenters. The van der Waals surface area contributed by atoms with Gasteiger partial charge < -0.3 is 9.64 Å². The van der Waals surface area contributed by atoms with E-state index >= 15 is 0 Å². The number of rotatable bonds is 5. The molecule has 5 nitrogen and oxygen atoms in total. The molecule has 120 valence electrons. The summed E-state index contributed by atoms with van der Waals surface area (Å²) in [4.78, 5) is 27.8. The topological polar surface area (TPSA) is 49.9 Å². The van der Waals surface area contributed by atoms with Crippen molar-refractivity contribution in [3.05, 3.63) is 0 Å². The number of carbonyl (C=O) groups is 2. The largest absolute Gasteiger partial charge is 0.465 e. The predicted octanol–water partition coefficient (Wildman–Crippen LogP) is 1.66. The number of hydrogen-bond donors (Lipinski definition) is 0. The van der Waals surface area contributed by atoms with E-state index in [1.54, 1.807) is 18.9 Å². The molecule has 2 aliphatic rings. The van der Waals surface area contributed by atoms with Gasteiger partial charge in [-0.2, -0.15) is 0 Å². The van der Waals surface area contributed by atoms with Crippen molar-refractivity contribution < 1.29 is 14.3 Å². The number of ether oxygens (including phenoxy) is 1. The number of hydrogen-bond acceptors (Lipinski definition) is 4. The maximum absolute atomic E-state index is 12.5. The Balaban J connectivity index is 1.85. The van der Waals surface area contributed by atoms with Gasteiger partial charge in [-0.1, -0.05) is 12.8 Å². The first kappa shape index (κ1) is 16.3. The molecule has 0 spiro atoms. The molecule has 1 saturated heterocycles. The van der Waals surface area contributed by atoms with Crippen molar-refractivity contribution in [2.75, 3.05) is 33.3 Å². The van der Waals surface area contributed by atoms with Crippen molar-refractivity contribution in [3.63, 3.8) is 0 Å². The van der Waals surface area contributed by atoms with E-state index in [0.717, 1.165) is 19.4 Å². The number of piperidine rings is 1. The molecule has 0 N–H and O–H groups in total. The molecule has 0 bridgehead atoms. The Labute approximate surface area is 127 Å². The van der Waals surface area contributed by atoms with E-state index < -0.39 is 0 Å². The summed E-state index contributed by atoms with van der Waals surface area (Å²) in [5.41, 5.74) is 0. The van der Waals surface area contributed by atoms with Crippen molar-refractivity contribution >= 4 is 11.9 Å². The van der Waals surface area contributed by atoms with E-state index in [1.165, 1.54) is 25.7 Å². The zero-order chi connectivity index (χ0) is 15.2. The van der Waals surface area contributed by atoms with Gasteiger partial charge in [0.15, 0.2) is 0 Å². The van der Waals surface area contributed by atoms with Gasteiger partial charge in [-0.15, -0.1) is 0 Å². The quantitative estimate of drug-likeness (QED) is 0.724. The van der Waals surface area contributed by atoms with E-state index in [2.05, 4.69) is 4.90 Å². The van der Waals surface area contributed by atoms with Crippen LogP contribution in [0.2, 0.25) is 0 Å². The molecule has 1 saturated carbocycles. The first-order chi connectivity index (χ1) is 10.1. The Morgan fingerprint density at radius 1 is 1.14 bits per heavy atom. The first-order valence-corrected chi connectivity index (χ1v) is 8.25. The summed E-state index contributed by atoms with van der Waals surface area (Å²) in [6.45, 7) is 3.55. The van der Waals surface area contributed by atoms with Crippen LogP contribution in [0.5, 0.6) is 0 Å². The van der Waals surface area contributed by atoms with E-state index in [-0.39, 0.29) is 18.4 Å². The lowest BCUT2D eigenvalue weighted by molar-refractivity contribution is -0.145. The summed E-state index contributed by atoms with van der Waals surface area (Å²) in [6.07, 6.45) is 7.36. The molecule has 0 radical (unpaired) electrons. The molecule has 1 aliphatic heterocycles. The van der Waals surface area contributed by atoms with Crippen LogP contribution < -0.4 is 0 Å². The van der Waals surface area contributed by atoms with Crippen LogP contribution in [0.4, 0.5) is 0 Å². The number of likely N-dealkylation sites (N-methyl/N-ethyl adjacent to an activating group) is 1. The molecule has 0 aromatic rings. The van der Waals surface area contributed by atoms with E-state index in [0.29, 0.717) is 25.1 Å². The van der Waals surface area contributed by atoms with Gasteiger partial charge in [-0.3, -0.25) is 14.5 Å². The summed E-state index contributed by atoms with van der Waals surface area (Å²) < 4.78 is 4.92. The minimum atomic E-state index is -0.262. The molecule has 5 heteroatoms. The fourth-order valence-electron chi connectivity index (χ4n) is 3.74. The van der Waals surface area contributed by atoms with Crippen LogP contribution in [0.15, 0.2) is 0 Å². The Morgan fingerprint density at radius 3 is 2.62 bits per heavy atom. The van der Waals surface area contributed by atoms with Gasteiger partial charge in [0.2, 0.25) is 5.91 Å². The number of amides is 1. The van der Waals surface area contributed by atoms with Crippen molar-refractivity contribution in [1.29, 1.82) is 0 Å². The average molecular weight is 296 g/mol. The summed E-state index contributed by atoms with van der Waals surface area (Å²) >= 11 is 0. The van der Waals surface area contributed by atoms with Crippen molar-refractivity contribution in [2.24, 2.45) is 5.92 Å². The molecular formula is C16H28N2O3. The van der Waals surface area contributed by atoms with Gasteiger partial charge in [0.05, 0.1) is 19.7 Å². The van der Waals surface area contributed by atoms with E-state index in [4.69, 9.17) is 4.74 Å². The smallest absolute Gasteiger partial charge is 0.320 e. The van der Waals surface area contributed by atoms with Gasteiger partial charge in [0.1, 0.15) is 0 Å². The molecule has 0 aromatic heterocycles. The third-order valence-electron chi connectivity index (χ3n) is 4.67. The SMILES string of the molecule is CCOC(=O)CN(C)CC(=O)N1CCCC2CCCCC21. The third kappa shape index (κ3) is 4.43. The molecule has 2 rings (SSSR count). The lowest BCUT2D eigenvalue weighted by Crippen LogP contribution is -2.52. The summed E-state index contributed by atoms with van der Waals surface area (Å²) in [5.74, 6) is 0.604. The fourth-order valence-corrected chi connectivity index (χ4v) is 3.74. The van der Waals surface area contributed by atoms with Crippen molar-refractivity contribution in [1.82, 2.24) is 9.80 Å². The van der Waals surface area contributed by atoms with Crippen LogP contribution in [0.3, 0.4) is 0 Å². The average Bonchev–Trinajstić information content (AvgIpc) is 2.46. The molecule has 1 heterocycles. The Bertz CT molecular complexity index is 371. The minimum Gasteiger partial charge on any atom is -0.465 e. The minimum absolute atomic E-state index is 0.165. The van der Waals surface area contributed by atoms with Crippen LogP contribution in [-0.4, -0.2) is 61.0 Å². The maximum Gasteiger partial charge on any atom is 0.320 e. The molecule has 2 fully saturated rings. The predicted molar refractivity (Wildman–Crippen MR) is 80.8 cm³/mol. The molecule has 1 amide bonds. The normalized spacial score (nSPS) is 25.6. The molecule has 2 unspecified atom stereocenters. The highest BCUT2D eigenvalue weighted by molar-refractivity contribution is 5.80. The number of fused-ring (bicyclic) bond motifs is 1. The van der Waals surface area contributed by atoms with Crippen LogP contribution in [0.25, 0.3) is 0 Å². The first-order valence-electron chi connectivity index (χ1n) is 8.25. The van der Waals surface area contributed by atoms with Crippen LogP contribution in [0, 0.1) is 5.92 Å². The number of likely N-dealkylation sites (tertiary alicyclic amines) is 1. The van der Waals surface area contributed by atoms with Crippen molar-refractivity contribution in [2.45, 2.75) is 51.5 Å². The lowest BCUT2D eigenvalue weighted by Gasteiger charge is -2.44. The Kier molecular flexibility index (Phi) is 6.03. The lowest BCUT2D eigenvalue weighted by atomic mass is 9.78. The van der Waals surface area contributed by atoms with Gasteiger partial charge in [0, 0.05) is 12.6 Å². The van der Waals surface area contributed by atoms with Crippen LogP contribution >= 0.6 is 0 Å². The second kappa shape index (κ2) is 7.78. The number of carbonyl (C=O) groups excluding carboxylic acids is 2. The standard InChI is InChI=1S/C16H28N2O3/c1-3-21-16(20)12-17(2)11-15(19)18-10-6-8-13-7-4-5-9-14(13)18/h13-14H,3-12H2,1-2H3. The second-order valence-electron chi connectivity index (χ2n) is 6.32. The van der Waals surface area contributed by atoms with Crippen LogP contribution in [-0.2, 0) is 14.3 Å². The highest BCUT2D eigenvalue weighted by Gasteiger charge is 2.35. The molecule has 1 aliphatic carbocycles. The van der Waals surface area contributed by atoms with E-state index in [1.807, 2.05) is 0 Å². The highest BCUT2D eigenvalue weighted by Crippen LogP contribution is 2.35. The number of esters is 1. The zero-order valence-electron chi connectivity index (χ0n) is 13.3.